The van der Waals surface area contributed by atoms with E-state index in [2.05, 4.69) is 19.9 Å². The summed E-state index contributed by atoms with van der Waals surface area (Å²) >= 11 is 0. The summed E-state index contributed by atoms with van der Waals surface area (Å²) in [4.78, 5) is 0. The summed E-state index contributed by atoms with van der Waals surface area (Å²) < 4.78 is 5.75. The third-order valence-corrected chi connectivity index (χ3v) is 5.15. The normalized spacial score (nSPS) is 43.7. The Kier molecular flexibility index (Phi) is 4.53. The fourth-order valence-electron chi connectivity index (χ4n) is 4.05. The Morgan fingerprint density at radius 2 is 2.16 bits per heavy atom. The first-order valence-corrected chi connectivity index (χ1v) is 7.80. The average molecular weight is 265 g/mol. The maximum Gasteiger partial charge on any atom is 0.0879 e. The molecule has 2 rings (SSSR count). The molecule has 0 aromatic rings. The zero-order valence-electron chi connectivity index (χ0n) is 12.3. The highest BCUT2D eigenvalue weighted by Crippen LogP contribution is 2.51. The van der Waals surface area contributed by atoms with Crippen LogP contribution in [0.2, 0.25) is 0 Å². The Labute approximate surface area is 117 Å². The van der Waals surface area contributed by atoms with Gasteiger partial charge in [0.1, 0.15) is 0 Å². The molecule has 2 fully saturated rings. The second-order valence-corrected chi connectivity index (χ2v) is 6.66. The fourth-order valence-corrected chi connectivity index (χ4v) is 4.05. The molecule has 1 aliphatic carbocycles. The quantitative estimate of drug-likeness (QED) is 0.850. The Morgan fingerprint density at radius 1 is 1.37 bits per heavy atom. The van der Waals surface area contributed by atoms with Gasteiger partial charge < -0.3 is 9.84 Å². The molecular weight excluding hydrogens is 238 g/mol. The van der Waals surface area contributed by atoms with Gasteiger partial charge in [-0.25, -0.2) is 0 Å². The maximum absolute atomic E-state index is 11.2. The summed E-state index contributed by atoms with van der Waals surface area (Å²) in [5.41, 5.74) is -1.38. The van der Waals surface area contributed by atoms with Gasteiger partial charge in [-0.15, -0.1) is 0 Å². The van der Waals surface area contributed by atoms with Crippen LogP contribution in [0.15, 0.2) is 0 Å². The molecular formula is C16H27NO2. The van der Waals surface area contributed by atoms with Crippen molar-refractivity contribution in [1.29, 1.82) is 5.26 Å². The van der Waals surface area contributed by atoms with Crippen LogP contribution in [0.4, 0.5) is 0 Å². The first-order valence-electron chi connectivity index (χ1n) is 7.80. The largest absolute Gasteiger partial charge is 0.388 e. The smallest absolute Gasteiger partial charge is 0.0879 e. The summed E-state index contributed by atoms with van der Waals surface area (Å²) in [5.74, 6) is 0.546. The molecule has 1 heterocycles. The Hall–Kier alpha value is -0.590. The zero-order chi connectivity index (χ0) is 13.9. The second-order valence-electron chi connectivity index (χ2n) is 6.66. The van der Waals surface area contributed by atoms with Crippen molar-refractivity contribution in [1.82, 2.24) is 0 Å². The van der Waals surface area contributed by atoms with Gasteiger partial charge in [0, 0.05) is 19.4 Å². The van der Waals surface area contributed by atoms with Crippen molar-refractivity contribution in [3.05, 3.63) is 0 Å². The van der Waals surface area contributed by atoms with Crippen molar-refractivity contribution >= 4 is 0 Å². The second kappa shape index (κ2) is 5.81. The van der Waals surface area contributed by atoms with Gasteiger partial charge in [0.25, 0.3) is 0 Å². The third-order valence-electron chi connectivity index (χ3n) is 5.15. The number of hydrogen-bond acceptors (Lipinski definition) is 3. The molecule has 4 atom stereocenters. The molecule has 1 saturated carbocycles. The number of rotatable bonds is 3. The van der Waals surface area contributed by atoms with E-state index in [1.54, 1.807) is 0 Å². The van der Waals surface area contributed by atoms with E-state index >= 15 is 0 Å². The zero-order valence-corrected chi connectivity index (χ0v) is 12.3. The lowest BCUT2D eigenvalue weighted by atomic mass is 9.58. The van der Waals surface area contributed by atoms with Gasteiger partial charge in [0.15, 0.2) is 0 Å². The number of nitriles is 1. The van der Waals surface area contributed by atoms with Crippen molar-refractivity contribution in [2.24, 2.45) is 11.3 Å². The van der Waals surface area contributed by atoms with Crippen molar-refractivity contribution in [2.45, 2.75) is 76.9 Å². The van der Waals surface area contributed by atoms with E-state index in [0.29, 0.717) is 25.4 Å². The predicted molar refractivity (Wildman–Crippen MR) is 74.5 cm³/mol. The monoisotopic (exact) mass is 265 g/mol. The molecule has 0 radical (unpaired) electrons. The lowest BCUT2D eigenvalue weighted by molar-refractivity contribution is -0.164. The van der Waals surface area contributed by atoms with E-state index in [9.17, 15) is 10.4 Å². The minimum atomic E-state index is -0.839. The predicted octanol–water partition coefficient (Wildman–Crippen LogP) is 3.42. The maximum atomic E-state index is 11.2. The lowest BCUT2D eigenvalue weighted by Crippen LogP contribution is -2.54. The Balaban J connectivity index is 2.18. The van der Waals surface area contributed by atoms with E-state index in [-0.39, 0.29) is 6.10 Å². The molecule has 0 bridgehead atoms. The SMILES string of the molecule is CCCC1CC(O)(C2(C#N)CCCC(C)C2)CCO1. The molecule has 0 aromatic heterocycles. The Bertz CT molecular complexity index is 349. The average Bonchev–Trinajstić information content (AvgIpc) is 2.39. The summed E-state index contributed by atoms with van der Waals surface area (Å²) in [6, 6.07) is 2.52. The molecule has 19 heavy (non-hydrogen) atoms. The number of ether oxygens (including phenoxy) is 1. The van der Waals surface area contributed by atoms with Crippen LogP contribution in [-0.2, 0) is 4.74 Å². The molecule has 3 nitrogen and oxygen atoms in total. The topological polar surface area (TPSA) is 53.2 Å². The van der Waals surface area contributed by atoms with Crippen LogP contribution >= 0.6 is 0 Å². The molecule has 0 spiro atoms. The van der Waals surface area contributed by atoms with Crippen molar-refractivity contribution in [3.63, 3.8) is 0 Å². The molecule has 0 aromatic carbocycles. The molecule has 1 N–H and O–H groups in total. The van der Waals surface area contributed by atoms with Gasteiger partial charge in [0.05, 0.1) is 23.2 Å². The van der Waals surface area contributed by atoms with E-state index in [1.165, 1.54) is 6.42 Å². The first kappa shape index (κ1) is 14.8. The Morgan fingerprint density at radius 3 is 2.79 bits per heavy atom. The third kappa shape index (κ3) is 2.80. The number of nitrogens with zero attached hydrogens (tertiary/aromatic N) is 1. The summed E-state index contributed by atoms with van der Waals surface area (Å²) in [5, 5.41) is 20.9. The molecule has 1 saturated heterocycles. The minimum Gasteiger partial charge on any atom is -0.388 e. The van der Waals surface area contributed by atoms with Crippen LogP contribution in [0.1, 0.15) is 65.2 Å². The highest BCUT2D eigenvalue weighted by atomic mass is 16.5. The van der Waals surface area contributed by atoms with Crippen molar-refractivity contribution in [3.8, 4) is 6.07 Å². The van der Waals surface area contributed by atoms with Crippen LogP contribution in [0, 0.1) is 22.7 Å². The van der Waals surface area contributed by atoms with Gasteiger partial charge in [-0.1, -0.05) is 33.1 Å². The lowest BCUT2D eigenvalue weighted by Gasteiger charge is -2.50. The molecule has 4 unspecified atom stereocenters. The molecule has 2 aliphatic rings. The standard InChI is InChI=1S/C16H27NO2/c1-3-5-14-11-16(18,8-9-19-14)15(12-17)7-4-6-13(2)10-15/h13-14,18H,3-11H2,1-2H3. The highest BCUT2D eigenvalue weighted by Gasteiger charge is 2.54. The number of hydrogen-bond donors (Lipinski definition) is 1. The van der Waals surface area contributed by atoms with Crippen LogP contribution in [0.3, 0.4) is 0 Å². The van der Waals surface area contributed by atoms with Crippen LogP contribution in [0.5, 0.6) is 0 Å². The van der Waals surface area contributed by atoms with Crippen molar-refractivity contribution in [2.75, 3.05) is 6.61 Å². The van der Waals surface area contributed by atoms with Gasteiger partial charge in [0.2, 0.25) is 0 Å². The molecule has 0 amide bonds. The summed E-state index contributed by atoms with van der Waals surface area (Å²) in [6.45, 7) is 4.94. The van der Waals surface area contributed by atoms with Crippen LogP contribution in [-0.4, -0.2) is 23.4 Å². The summed E-state index contributed by atoms with van der Waals surface area (Å²) in [6.07, 6.45) is 7.39. The van der Waals surface area contributed by atoms with Gasteiger partial charge >= 0.3 is 0 Å². The fraction of sp³-hybridized carbons (Fsp3) is 0.938. The molecule has 108 valence electrons. The molecule has 1 aliphatic heterocycles. The highest BCUT2D eigenvalue weighted by molar-refractivity contribution is 5.14. The first-order chi connectivity index (χ1) is 9.05. The van der Waals surface area contributed by atoms with Gasteiger partial charge in [-0.3, -0.25) is 0 Å². The van der Waals surface area contributed by atoms with E-state index in [4.69, 9.17) is 4.74 Å². The van der Waals surface area contributed by atoms with Gasteiger partial charge in [-0.05, 0) is 25.2 Å². The van der Waals surface area contributed by atoms with E-state index < -0.39 is 11.0 Å². The minimum absolute atomic E-state index is 0.131. The van der Waals surface area contributed by atoms with E-state index in [0.717, 1.165) is 32.1 Å². The van der Waals surface area contributed by atoms with Crippen LogP contribution < -0.4 is 0 Å². The van der Waals surface area contributed by atoms with Crippen molar-refractivity contribution < 1.29 is 9.84 Å². The number of aliphatic hydroxyl groups is 1. The van der Waals surface area contributed by atoms with E-state index in [1.807, 2.05) is 0 Å². The van der Waals surface area contributed by atoms with Gasteiger partial charge in [-0.2, -0.15) is 5.26 Å². The summed E-state index contributed by atoms with van der Waals surface area (Å²) in [7, 11) is 0. The molecule has 3 heteroatoms. The van der Waals surface area contributed by atoms with Crippen LogP contribution in [0.25, 0.3) is 0 Å².